The molecule has 1 aromatic carbocycles. The van der Waals surface area contributed by atoms with E-state index in [2.05, 4.69) is 9.88 Å². The van der Waals surface area contributed by atoms with Gasteiger partial charge in [-0.25, -0.2) is 9.78 Å². The van der Waals surface area contributed by atoms with Gasteiger partial charge in [0.2, 0.25) is 0 Å². The average Bonchev–Trinajstić information content (AvgIpc) is 3.16. The monoisotopic (exact) mass is 456 g/mol. The molecule has 0 radical (unpaired) electrons. The van der Waals surface area contributed by atoms with Crippen LogP contribution in [-0.4, -0.2) is 27.5 Å². The van der Waals surface area contributed by atoms with Crippen molar-refractivity contribution in [3.63, 3.8) is 0 Å². The second-order valence-corrected chi connectivity index (χ2v) is 7.90. The number of fused-ring (bicyclic) bond motifs is 2. The molecule has 9 heteroatoms. The summed E-state index contributed by atoms with van der Waals surface area (Å²) in [7, 11) is 0. The van der Waals surface area contributed by atoms with Crippen LogP contribution in [-0.2, 0) is 6.42 Å². The van der Waals surface area contributed by atoms with Crippen molar-refractivity contribution < 1.29 is 9.15 Å². The van der Waals surface area contributed by atoms with E-state index >= 15 is 0 Å². The number of pyridine rings is 1. The molecule has 4 aromatic rings. The van der Waals surface area contributed by atoms with E-state index in [9.17, 15) is 9.59 Å². The molecule has 32 heavy (non-hydrogen) atoms. The number of rotatable bonds is 7. The van der Waals surface area contributed by atoms with Crippen LogP contribution in [0.5, 0.6) is 5.75 Å². The maximum atomic E-state index is 13.3. The SMILES string of the molecule is CCc1c(N(CC)CC)nc2c(C(C)Oc3cccc4[nH]c(=O)oc34)cc(Cl)cn2c1=O. The number of halogens is 1. The molecule has 0 aliphatic rings. The Morgan fingerprint density at radius 1 is 1.25 bits per heavy atom. The summed E-state index contributed by atoms with van der Waals surface area (Å²) in [4.78, 5) is 34.5. The van der Waals surface area contributed by atoms with Gasteiger partial charge in [-0.05, 0) is 45.4 Å². The summed E-state index contributed by atoms with van der Waals surface area (Å²) in [6, 6.07) is 6.97. The highest BCUT2D eigenvalue weighted by Crippen LogP contribution is 2.31. The Morgan fingerprint density at radius 3 is 2.69 bits per heavy atom. The molecular weight excluding hydrogens is 432 g/mol. The van der Waals surface area contributed by atoms with Crippen LogP contribution in [0, 0.1) is 0 Å². The normalized spacial score (nSPS) is 12.4. The molecule has 3 aromatic heterocycles. The summed E-state index contributed by atoms with van der Waals surface area (Å²) in [5.74, 6) is 0.529. The lowest BCUT2D eigenvalue weighted by Crippen LogP contribution is -2.30. The molecule has 0 aliphatic heterocycles. The third-order valence-electron chi connectivity index (χ3n) is 5.56. The number of anilines is 1. The third kappa shape index (κ3) is 3.75. The fourth-order valence-corrected chi connectivity index (χ4v) is 4.16. The van der Waals surface area contributed by atoms with Gasteiger partial charge in [-0.3, -0.25) is 14.2 Å². The minimum atomic E-state index is -0.555. The highest BCUT2D eigenvalue weighted by Gasteiger charge is 2.21. The van der Waals surface area contributed by atoms with Crippen molar-refractivity contribution >= 4 is 34.2 Å². The number of nitrogens with one attached hydrogen (secondary N) is 1. The summed E-state index contributed by atoms with van der Waals surface area (Å²) in [6.45, 7) is 9.32. The van der Waals surface area contributed by atoms with Crippen molar-refractivity contribution in [3.8, 4) is 5.75 Å². The van der Waals surface area contributed by atoms with Gasteiger partial charge in [-0.1, -0.05) is 24.6 Å². The second-order valence-electron chi connectivity index (χ2n) is 7.46. The van der Waals surface area contributed by atoms with E-state index in [-0.39, 0.29) is 5.56 Å². The van der Waals surface area contributed by atoms with Gasteiger partial charge in [0.15, 0.2) is 11.3 Å². The van der Waals surface area contributed by atoms with Gasteiger partial charge in [0.25, 0.3) is 5.56 Å². The van der Waals surface area contributed by atoms with E-state index in [0.717, 1.165) is 13.1 Å². The Labute approximate surface area is 189 Å². The first-order valence-electron chi connectivity index (χ1n) is 10.7. The molecule has 1 unspecified atom stereocenters. The van der Waals surface area contributed by atoms with Crippen molar-refractivity contribution in [2.24, 2.45) is 0 Å². The van der Waals surface area contributed by atoms with Gasteiger partial charge < -0.3 is 14.1 Å². The standard InChI is InChI=1S/C23H25ClN4O4/c1-5-15-20(27(6-2)7-3)26-21-16(11-14(24)12-28(21)22(15)29)13(4)31-18-10-8-9-17-19(18)32-23(30)25-17/h8-13H,5-7H2,1-4H3,(H,25,30). The number of H-pyrrole nitrogens is 1. The molecule has 0 bridgehead atoms. The zero-order chi connectivity index (χ0) is 23.0. The molecule has 0 saturated carbocycles. The van der Waals surface area contributed by atoms with E-state index < -0.39 is 11.9 Å². The predicted molar refractivity (Wildman–Crippen MR) is 125 cm³/mol. The molecule has 0 amide bonds. The van der Waals surface area contributed by atoms with E-state index in [4.69, 9.17) is 25.7 Å². The maximum absolute atomic E-state index is 13.3. The first kappa shape index (κ1) is 22.0. The summed E-state index contributed by atoms with van der Waals surface area (Å²) in [5.41, 5.74) is 2.51. The molecule has 0 saturated heterocycles. The number of hydrogen-bond acceptors (Lipinski definition) is 6. The average molecular weight is 457 g/mol. The van der Waals surface area contributed by atoms with Crippen LogP contribution in [0.4, 0.5) is 5.82 Å². The lowest BCUT2D eigenvalue weighted by Gasteiger charge is -2.24. The number of ether oxygens (including phenoxy) is 1. The highest BCUT2D eigenvalue weighted by molar-refractivity contribution is 6.30. The molecule has 4 rings (SSSR count). The van der Waals surface area contributed by atoms with Crippen molar-refractivity contribution in [3.05, 3.63) is 67.5 Å². The van der Waals surface area contributed by atoms with Crippen LogP contribution in [0.15, 0.2) is 44.5 Å². The minimum Gasteiger partial charge on any atom is -0.482 e. The zero-order valence-corrected chi connectivity index (χ0v) is 19.2. The Hall–Kier alpha value is -3.26. The molecule has 8 nitrogen and oxygen atoms in total. The number of benzene rings is 1. The summed E-state index contributed by atoms with van der Waals surface area (Å²) < 4.78 is 12.9. The van der Waals surface area contributed by atoms with Crippen molar-refractivity contribution in [2.75, 3.05) is 18.0 Å². The van der Waals surface area contributed by atoms with Gasteiger partial charge >= 0.3 is 5.76 Å². The Bertz CT molecular complexity index is 1400. The predicted octanol–water partition coefficient (Wildman–Crippen LogP) is 4.33. The van der Waals surface area contributed by atoms with Crippen LogP contribution < -0.4 is 21.0 Å². The van der Waals surface area contributed by atoms with Crippen LogP contribution in [0.2, 0.25) is 5.02 Å². The summed E-state index contributed by atoms with van der Waals surface area (Å²) in [6.07, 6.45) is 1.61. The van der Waals surface area contributed by atoms with Crippen LogP contribution >= 0.6 is 11.6 Å². The van der Waals surface area contributed by atoms with Crippen LogP contribution in [0.1, 0.15) is 44.9 Å². The van der Waals surface area contributed by atoms with E-state index in [0.29, 0.717) is 50.9 Å². The van der Waals surface area contributed by atoms with Crippen LogP contribution in [0.25, 0.3) is 16.7 Å². The Kier molecular flexibility index (Phi) is 5.97. The summed E-state index contributed by atoms with van der Waals surface area (Å²) in [5, 5.41) is 0.399. The molecule has 3 heterocycles. The van der Waals surface area contributed by atoms with E-state index in [1.165, 1.54) is 4.40 Å². The van der Waals surface area contributed by atoms with Crippen LogP contribution in [0.3, 0.4) is 0 Å². The smallest absolute Gasteiger partial charge is 0.417 e. The quantitative estimate of drug-likeness (QED) is 0.445. The minimum absolute atomic E-state index is 0.144. The number of oxazole rings is 1. The zero-order valence-electron chi connectivity index (χ0n) is 18.4. The van der Waals surface area contributed by atoms with Crippen molar-refractivity contribution in [1.29, 1.82) is 0 Å². The maximum Gasteiger partial charge on any atom is 0.417 e. The highest BCUT2D eigenvalue weighted by atomic mass is 35.5. The van der Waals surface area contributed by atoms with Gasteiger partial charge in [0, 0.05) is 24.8 Å². The number of aromatic nitrogens is 3. The molecule has 168 valence electrons. The second kappa shape index (κ2) is 8.70. The lowest BCUT2D eigenvalue weighted by molar-refractivity contribution is 0.227. The number of aromatic amines is 1. The largest absolute Gasteiger partial charge is 0.482 e. The molecular formula is C23H25ClN4O4. The number of para-hydroxylation sites is 1. The van der Waals surface area contributed by atoms with Gasteiger partial charge in [0.1, 0.15) is 17.6 Å². The van der Waals surface area contributed by atoms with Gasteiger partial charge in [-0.15, -0.1) is 0 Å². The molecule has 0 spiro atoms. The van der Waals surface area contributed by atoms with E-state index in [1.54, 1.807) is 30.5 Å². The molecule has 1 atom stereocenters. The molecule has 0 aliphatic carbocycles. The summed E-state index contributed by atoms with van der Waals surface area (Å²) >= 11 is 6.38. The Morgan fingerprint density at radius 2 is 2.00 bits per heavy atom. The fraction of sp³-hybridized carbons (Fsp3) is 0.348. The molecule has 0 fully saturated rings. The Balaban J connectivity index is 1.89. The third-order valence-corrected chi connectivity index (χ3v) is 5.77. The first-order chi connectivity index (χ1) is 15.4. The van der Waals surface area contributed by atoms with Crippen molar-refractivity contribution in [2.45, 2.75) is 40.2 Å². The van der Waals surface area contributed by atoms with Crippen molar-refractivity contribution in [1.82, 2.24) is 14.4 Å². The lowest BCUT2D eigenvalue weighted by atomic mass is 10.1. The fourth-order valence-electron chi connectivity index (χ4n) is 3.94. The number of hydrogen-bond donors (Lipinski definition) is 1. The topological polar surface area (TPSA) is 92.8 Å². The van der Waals surface area contributed by atoms with E-state index in [1.807, 2.05) is 27.7 Å². The molecule has 1 N–H and O–H groups in total. The number of nitrogens with zero attached hydrogens (tertiary/aromatic N) is 3. The van der Waals surface area contributed by atoms with Gasteiger partial charge in [-0.2, -0.15) is 0 Å². The first-order valence-corrected chi connectivity index (χ1v) is 11.0. The van der Waals surface area contributed by atoms with Gasteiger partial charge in [0.05, 0.1) is 16.1 Å².